The van der Waals surface area contributed by atoms with E-state index in [1.807, 2.05) is 6.92 Å². The molecule has 0 fully saturated rings. The number of alkyl halides is 3. The summed E-state index contributed by atoms with van der Waals surface area (Å²) in [6.07, 6.45) is 0.0145. The molecule has 0 N–H and O–H groups in total. The molecule has 7 heteroatoms. The Hall–Kier alpha value is -2.18. The summed E-state index contributed by atoms with van der Waals surface area (Å²) < 4.78 is 38.8. The molecule has 0 aromatic carbocycles. The van der Waals surface area contributed by atoms with Gasteiger partial charge in [-0.15, -0.1) is 0 Å². The van der Waals surface area contributed by atoms with Gasteiger partial charge in [-0.1, -0.05) is 6.92 Å². The smallest absolute Gasteiger partial charge is 0.287 e. The first-order valence-electron chi connectivity index (χ1n) is 6.02. The molecule has 2 aromatic rings. The van der Waals surface area contributed by atoms with E-state index in [1.54, 1.807) is 10.9 Å². The summed E-state index contributed by atoms with van der Waals surface area (Å²) in [5.41, 5.74) is -0.601. The van der Waals surface area contributed by atoms with Gasteiger partial charge in [0.2, 0.25) is 5.78 Å². The average Bonchev–Trinajstić information content (AvgIpc) is 2.86. The second kappa shape index (κ2) is 5.44. The maximum absolute atomic E-state index is 12.4. The predicted molar refractivity (Wildman–Crippen MR) is 65.2 cm³/mol. The van der Waals surface area contributed by atoms with Gasteiger partial charge in [-0.05, 0) is 18.6 Å². The lowest BCUT2D eigenvalue weighted by atomic mass is 10.1. The van der Waals surface area contributed by atoms with Gasteiger partial charge in [-0.3, -0.25) is 14.5 Å². The number of rotatable bonds is 4. The van der Waals surface area contributed by atoms with Crippen LogP contribution in [0.4, 0.5) is 13.2 Å². The highest BCUT2D eigenvalue weighted by Crippen LogP contribution is 2.28. The fourth-order valence-corrected chi connectivity index (χ4v) is 1.68. The lowest BCUT2D eigenvalue weighted by Crippen LogP contribution is -2.08. The van der Waals surface area contributed by atoms with Crippen LogP contribution in [0.5, 0.6) is 0 Å². The molecule has 0 aliphatic carbocycles. The Morgan fingerprint density at radius 3 is 2.60 bits per heavy atom. The normalized spacial score (nSPS) is 11.6. The fraction of sp³-hybridized carbons (Fsp3) is 0.308. The Balaban J connectivity index is 2.20. The van der Waals surface area contributed by atoms with Gasteiger partial charge >= 0.3 is 6.18 Å². The predicted octanol–water partition coefficient (Wildman–Crippen LogP) is 2.94. The van der Waals surface area contributed by atoms with Crippen LogP contribution in [0.1, 0.15) is 35.0 Å². The standard InChI is InChI=1S/C13H12F3N3O/c1-2-5-19-8-9(6-18-19)12(20)11-4-3-10(7-17-11)13(14,15)16/h3-4,6-8H,2,5H2,1H3. The molecule has 0 bridgehead atoms. The first-order chi connectivity index (χ1) is 9.41. The molecule has 0 saturated heterocycles. The Kier molecular flexibility index (Phi) is 3.87. The van der Waals surface area contributed by atoms with Crippen molar-refractivity contribution in [2.45, 2.75) is 26.1 Å². The molecule has 2 aromatic heterocycles. The molecule has 0 saturated carbocycles. The summed E-state index contributed by atoms with van der Waals surface area (Å²) >= 11 is 0. The Morgan fingerprint density at radius 2 is 2.05 bits per heavy atom. The highest BCUT2D eigenvalue weighted by Gasteiger charge is 2.31. The monoisotopic (exact) mass is 283 g/mol. The minimum absolute atomic E-state index is 0.0333. The molecular formula is C13H12F3N3O. The van der Waals surface area contributed by atoms with Crippen LogP contribution >= 0.6 is 0 Å². The molecule has 20 heavy (non-hydrogen) atoms. The number of pyridine rings is 1. The van der Waals surface area contributed by atoms with E-state index < -0.39 is 17.5 Å². The lowest BCUT2D eigenvalue weighted by molar-refractivity contribution is -0.137. The summed E-state index contributed by atoms with van der Waals surface area (Å²) in [5, 5.41) is 4.00. The van der Waals surface area contributed by atoms with Crippen LogP contribution in [0.2, 0.25) is 0 Å². The van der Waals surface area contributed by atoms with Crippen LogP contribution < -0.4 is 0 Å². The van der Waals surface area contributed by atoms with Crippen molar-refractivity contribution >= 4 is 5.78 Å². The first-order valence-corrected chi connectivity index (χ1v) is 6.02. The second-order valence-corrected chi connectivity index (χ2v) is 4.25. The van der Waals surface area contributed by atoms with Crippen molar-refractivity contribution in [2.75, 3.05) is 0 Å². The Morgan fingerprint density at radius 1 is 1.30 bits per heavy atom. The highest BCUT2D eigenvalue weighted by atomic mass is 19.4. The van der Waals surface area contributed by atoms with E-state index in [0.29, 0.717) is 18.3 Å². The zero-order chi connectivity index (χ0) is 14.8. The molecule has 0 spiro atoms. The number of carbonyl (C=O) groups is 1. The van der Waals surface area contributed by atoms with Gasteiger partial charge in [0.1, 0.15) is 5.69 Å². The molecule has 0 amide bonds. The van der Waals surface area contributed by atoms with E-state index in [-0.39, 0.29) is 5.69 Å². The number of nitrogens with zero attached hydrogens (tertiary/aromatic N) is 3. The summed E-state index contributed by atoms with van der Waals surface area (Å²) in [4.78, 5) is 15.6. The van der Waals surface area contributed by atoms with Crippen LogP contribution in [-0.4, -0.2) is 20.5 Å². The second-order valence-electron chi connectivity index (χ2n) is 4.25. The molecule has 0 aliphatic rings. The number of hydrogen-bond acceptors (Lipinski definition) is 3. The molecule has 0 unspecified atom stereocenters. The molecule has 4 nitrogen and oxygen atoms in total. The van der Waals surface area contributed by atoms with Gasteiger partial charge in [-0.25, -0.2) is 0 Å². The van der Waals surface area contributed by atoms with Crippen molar-refractivity contribution in [3.05, 3.63) is 47.5 Å². The van der Waals surface area contributed by atoms with E-state index in [0.717, 1.165) is 18.6 Å². The topological polar surface area (TPSA) is 47.8 Å². The van der Waals surface area contributed by atoms with Gasteiger partial charge in [0.05, 0.1) is 17.3 Å². The molecule has 2 rings (SSSR count). The van der Waals surface area contributed by atoms with Gasteiger partial charge in [0, 0.05) is 18.9 Å². The Labute approximate surface area is 113 Å². The third-order valence-electron chi connectivity index (χ3n) is 2.67. The van der Waals surface area contributed by atoms with Crippen molar-refractivity contribution in [1.29, 1.82) is 0 Å². The zero-order valence-corrected chi connectivity index (χ0v) is 10.7. The minimum Gasteiger partial charge on any atom is -0.287 e. The number of carbonyl (C=O) groups excluding carboxylic acids is 1. The lowest BCUT2D eigenvalue weighted by Gasteiger charge is -2.05. The number of halogens is 3. The van der Waals surface area contributed by atoms with Gasteiger partial charge in [-0.2, -0.15) is 18.3 Å². The maximum atomic E-state index is 12.4. The third kappa shape index (κ3) is 3.04. The van der Waals surface area contributed by atoms with Crippen molar-refractivity contribution in [3.63, 3.8) is 0 Å². The van der Waals surface area contributed by atoms with E-state index in [2.05, 4.69) is 10.1 Å². The number of hydrogen-bond donors (Lipinski definition) is 0. The number of aromatic nitrogens is 3. The first kappa shape index (κ1) is 14.2. The van der Waals surface area contributed by atoms with Crippen LogP contribution in [0.25, 0.3) is 0 Å². The molecule has 106 valence electrons. The van der Waals surface area contributed by atoms with E-state index in [4.69, 9.17) is 0 Å². The average molecular weight is 283 g/mol. The summed E-state index contributed by atoms with van der Waals surface area (Å²) in [5.74, 6) is -0.443. The molecule has 2 heterocycles. The molecule has 0 radical (unpaired) electrons. The summed E-state index contributed by atoms with van der Waals surface area (Å²) in [7, 11) is 0. The molecule has 0 aliphatic heterocycles. The fourth-order valence-electron chi connectivity index (χ4n) is 1.68. The van der Waals surface area contributed by atoms with E-state index in [1.165, 1.54) is 6.20 Å². The third-order valence-corrected chi connectivity index (χ3v) is 2.67. The highest BCUT2D eigenvalue weighted by molar-refractivity contribution is 6.07. The van der Waals surface area contributed by atoms with E-state index >= 15 is 0 Å². The van der Waals surface area contributed by atoms with E-state index in [9.17, 15) is 18.0 Å². The van der Waals surface area contributed by atoms with Crippen molar-refractivity contribution < 1.29 is 18.0 Å². The number of ketones is 1. The van der Waals surface area contributed by atoms with Crippen LogP contribution in [-0.2, 0) is 12.7 Å². The van der Waals surface area contributed by atoms with Gasteiger partial charge in [0.15, 0.2) is 0 Å². The van der Waals surface area contributed by atoms with Gasteiger partial charge in [0.25, 0.3) is 0 Å². The van der Waals surface area contributed by atoms with Gasteiger partial charge < -0.3 is 0 Å². The molecule has 0 atom stereocenters. The largest absolute Gasteiger partial charge is 0.417 e. The van der Waals surface area contributed by atoms with Crippen molar-refractivity contribution in [2.24, 2.45) is 0 Å². The van der Waals surface area contributed by atoms with Crippen LogP contribution in [0.3, 0.4) is 0 Å². The minimum atomic E-state index is -4.46. The summed E-state index contributed by atoms with van der Waals surface area (Å²) in [6.45, 7) is 2.65. The quantitative estimate of drug-likeness (QED) is 0.810. The van der Waals surface area contributed by atoms with Crippen molar-refractivity contribution in [3.8, 4) is 0 Å². The van der Waals surface area contributed by atoms with Crippen LogP contribution in [0.15, 0.2) is 30.7 Å². The van der Waals surface area contributed by atoms with Crippen molar-refractivity contribution in [1.82, 2.24) is 14.8 Å². The maximum Gasteiger partial charge on any atom is 0.417 e. The SMILES string of the molecule is CCCn1cc(C(=O)c2ccc(C(F)(F)F)cn2)cn1. The Bertz CT molecular complexity index is 602. The molecular weight excluding hydrogens is 271 g/mol. The zero-order valence-electron chi connectivity index (χ0n) is 10.7. The number of aryl methyl sites for hydroxylation is 1. The van der Waals surface area contributed by atoms with Crippen LogP contribution in [0, 0.1) is 0 Å². The summed E-state index contributed by atoms with van der Waals surface area (Å²) in [6, 6.07) is 1.92.